The third-order valence-electron chi connectivity index (χ3n) is 5.62. The first kappa shape index (κ1) is 22.0. The van der Waals surface area contributed by atoms with Crippen LogP contribution in [0.4, 0.5) is 0 Å². The van der Waals surface area contributed by atoms with E-state index >= 15 is 0 Å². The van der Waals surface area contributed by atoms with Crippen molar-refractivity contribution in [3.63, 3.8) is 0 Å². The number of carbonyl (C=O) groups is 1. The summed E-state index contributed by atoms with van der Waals surface area (Å²) in [7, 11) is -3.88. The zero-order chi connectivity index (χ0) is 19.7. The summed E-state index contributed by atoms with van der Waals surface area (Å²) in [5.41, 5.74) is 0.944. The highest BCUT2D eigenvalue weighted by molar-refractivity contribution is 6.75. The molecule has 0 atom stereocenters. The van der Waals surface area contributed by atoms with Gasteiger partial charge in [-0.25, -0.2) is 0 Å². The highest BCUT2D eigenvalue weighted by Gasteiger charge is 2.40. The molecule has 0 aliphatic heterocycles. The second-order valence-electron chi connectivity index (χ2n) is 9.91. The minimum absolute atomic E-state index is 0.119. The summed E-state index contributed by atoms with van der Waals surface area (Å²) in [5.74, 6) is 1.64. The van der Waals surface area contributed by atoms with Crippen molar-refractivity contribution in [2.75, 3.05) is 0 Å². The van der Waals surface area contributed by atoms with Crippen LogP contribution in [0.2, 0.25) is 36.3 Å². The van der Waals surface area contributed by atoms with Crippen LogP contribution in [0.5, 0.6) is 11.5 Å². The topological polar surface area (TPSA) is 35.5 Å². The smallest absolute Gasteiger partial charge is 0.250 e. The lowest BCUT2D eigenvalue weighted by atomic mass is 10.1. The molecule has 0 saturated heterocycles. The third kappa shape index (κ3) is 5.71. The molecule has 0 spiro atoms. The summed E-state index contributed by atoms with van der Waals surface area (Å²) >= 11 is 0. The number of benzene rings is 1. The number of hydrogen-bond donors (Lipinski definition) is 0. The molecule has 0 unspecified atom stereocenters. The van der Waals surface area contributed by atoms with Crippen LogP contribution >= 0.6 is 0 Å². The van der Waals surface area contributed by atoms with Gasteiger partial charge in [0.15, 0.2) is 0 Å². The van der Waals surface area contributed by atoms with E-state index < -0.39 is 16.6 Å². The monoisotopic (exact) mass is 380 g/mol. The Morgan fingerprint density at radius 3 is 1.44 bits per heavy atom. The van der Waals surface area contributed by atoms with Crippen molar-refractivity contribution in [3.8, 4) is 11.5 Å². The Morgan fingerprint density at radius 1 is 0.800 bits per heavy atom. The minimum atomic E-state index is -1.94. The highest BCUT2D eigenvalue weighted by Crippen LogP contribution is 2.40. The number of hydrogen-bond acceptors (Lipinski definition) is 3. The Kier molecular flexibility index (Phi) is 6.39. The molecule has 0 amide bonds. The number of aldehydes is 1. The van der Waals surface area contributed by atoms with Crippen LogP contribution in [-0.4, -0.2) is 22.9 Å². The van der Waals surface area contributed by atoms with Crippen LogP contribution in [0.1, 0.15) is 47.1 Å². The first-order valence-electron chi connectivity index (χ1n) is 9.05. The zero-order valence-corrected chi connectivity index (χ0v) is 19.7. The Morgan fingerprint density at radius 2 is 1.16 bits per heavy atom. The van der Waals surface area contributed by atoms with E-state index in [1.807, 2.05) is 18.2 Å². The van der Waals surface area contributed by atoms with Gasteiger partial charge in [0.05, 0.1) is 0 Å². The van der Waals surface area contributed by atoms with E-state index in [1.54, 1.807) is 0 Å². The maximum atomic E-state index is 11.0. The molecule has 1 rings (SSSR count). The van der Waals surface area contributed by atoms with Gasteiger partial charge in [0, 0.05) is 12.5 Å². The van der Waals surface area contributed by atoms with Crippen LogP contribution in [0.15, 0.2) is 18.2 Å². The average molecular weight is 381 g/mol. The summed E-state index contributed by atoms with van der Waals surface area (Å²) in [5, 5.41) is 0.238. The first-order chi connectivity index (χ1) is 11.1. The Labute approximate surface area is 156 Å². The standard InChI is InChI=1S/C20H36O3Si2/c1-19(2,3)24(7,8)22-17-13-16(11-12-21)14-18(15-17)23-25(9,10)20(4,5)6/h12-15H,11H2,1-10H3. The molecule has 1 aromatic carbocycles. The SMILES string of the molecule is CC(C)(C)[Si](C)(C)Oc1cc(CC=O)cc(O[Si](C)(C)C(C)(C)C)c1. The molecule has 0 aromatic heterocycles. The van der Waals surface area contributed by atoms with Crippen LogP contribution in [-0.2, 0) is 11.2 Å². The van der Waals surface area contributed by atoms with Crippen molar-refractivity contribution in [1.29, 1.82) is 0 Å². The summed E-state index contributed by atoms with van der Waals surface area (Å²) in [4.78, 5) is 11.0. The van der Waals surface area contributed by atoms with Gasteiger partial charge in [-0.3, -0.25) is 0 Å². The maximum absolute atomic E-state index is 11.0. The summed E-state index contributed by atoms with van der Waals surface area (Å²) < 4.78 is 12.9. The van der Waals surface area contributed by atoms with Crippen molar-refractivity contribution in [1.82, 2.24) is 0 Å². The van der Waals surface area contributed by atoms with E-state index in [4.69, 9.17) is 8.85 Å². The lowest BCUT2D eigenvalue weighted by Gasteiger charge is -2.38. The lowest BCUT2D eigenvalue weighted by molar-refractivity contribution is -0.107. The molecule has 1 aromatic rings. The van der Waals surface area contributed by atoms with Gasteiger partial charge in [-0.1, -0.05) is 41.5 Å². The third-order valence-corrected chi connectivity index (χ3v) is 14.3. The zero-order valence-electron chi connectivity index (χ0n) is 17.7. The maximum Gasteiger partial charge on any atom is 0.250 e. The van der Waals surface area contributed by atoms with Crippen molar-refractivity contribution in [2.45, 2.75) is 84.2 Å². The van der Waals surface area contributed by atoms with Crippen LogP contribution in [0.25, 0.3) is 0 Å². The highest BCUT2D eigenvalue weighted by atomic mass is 28.4. The molecule has 0 heterocycles. The van der Waals surface area contributed by atoms with Gasteiger partial charge < -0.3 is 13.6 Å². The fraction of sp³-hybridized carbons (Fsp3) is 0.650. The van der Waals surface area contributed by atoms with Crippen molar-refractivity contribution in [3.05, 3.63) is 23.8 Å². The van der Waals surface area contributed by atoms with Crippen molar-refractivity contribution >= 4 is 22.9 Å². The number of carbonyl (C=O) groups excluding carboxylic acids is 1. The second-order valence-corrected chi connectivity index (χ2v) is 19.4. The number of rotatable bonds is 6. The molecule has 25 heavy (non-hydrogen) atoms. The largest absolute Gasteiger partial charge is 0.543 e. The fourth-order valence-corrected chi connectivity index (χ4v) is 3.88. The van der Waals surface area contributed by atoms with Gasteiger partial charge in [0.25, 0.3) is 0 Å². The van der Waals surface area contributed by atoms with Gasteiger partial charge in [0.1, 0.15) is 17.8 Å². The first-order valence-corrected chi connectivity index (χ1v) is 14.9. The predicted molar refractivity (Wildman–Crippen MR) is 112 cm³/mol. The van der Waals surface area contributed by atoms with Crippen LogP contribution in [0, 0.1) is 0 Å². The van der Waals surface area contributed by atoms with Crippen LogP contribution < -0.4 is 8.85 Å². The molecular formula is C20H36O3Si2. The Bertz CT molecular complexity index is 562. The predicted octanol–water partition coefficient (Wildman–Crippen LogP) is 6.20. The van der Waals surface area contributed by atoms with Crippen molar-refractivity contribution < 1.29 is 13.6 Å². The van der Waals surface area contributed by atoms with Gasteiger partial charge in [-0.2, -0.15) is 0 Å². The fourth-order valence-electron chi connectivity index (χ4n) is 1.86. The van der Waals surface area contributed by atoms with Crippen molar-refractivity contribution in [2.24, 2.45) is 0 Å². The van der Waals surface area contributed by atoms with Gasteiger partial charge >= 0.3 is 0 Å². The average Bonchev–Trinajstić information content (AvgIpc) is 2.34. The van der Waals surface area contributed by atoms with Gasteiger partial charge in [0.2, 0.25) is 16.6 Å². The van der Waals surface area contributed by atoms with E-state index in [0.29, 0.717) is 6.42 Å². The minimum Gasteiger partial charge on any atom is -0.543 e. The molecule has 5 heteroatoms. The van der Waals surface area contributed by atoms with Gasteiger partial charge in [-0.05, 0) is 54.0 Å². The lowest BCUT2D eigenvalue weighted by Crippen LogP contribution is -2.44. The Balaban J connectivity index is 3.24. The van der Waals surface area contributed by atoms with E-state index in [9.17, 15) is 4.79 Å². The molecule has 0 bridgehead atoms. The van der Waals surface area contributed by atoms with Crippen LogP contribution in [0.3, 0.4) is 0 Å². The summed E-state index contributed by atoms with van der Waals surface area (Å²) in [6, 6.07) is 5.95. The molecule has 0 aliphatic carbocycles. The van der Waals surface area contributed by atoms with E-state index in [1.165, 1.54) is 0 Å². The molecule has 0 saturated carbocycles. The van der Waals surface area contributed by atoms with E-state index in [0.717, 1.165) is 23.3 Å². The van der Waals surface area contributed by atoms with Gasteiger partial charge in [-0.15, -0.1) is 0 Å². The summed E-state index contributed by atoms with van der Waals surface area (Å²) in [6.45, 7) is 22.3. The molecule has 0 radical (unpaired) electrons. The van der Waals surface area contributed by atoms with E-state index in [-0.39, 0.29) is 10.1 Å². The molecule has 3 nitrogen and oxygen atoms in total. The Hall–Kier alpha value is -1.08. The second kappa shape index (κ2) is 7.27. The molecular weight excluding hydrogens is 344 g/mol. The quantitative estimate of drug-likeness (QED) is 0.435. The van der Waals surface area contributed by atoms with E-state index in [2.05, 4.69) is 67.7 Å². The normalized spacial score (nSPS) is 13.5. The summed E-state index contributed by atoms with van der Waals surface area (Å²) in [6.07, 6.45) is 1.31. The molecule has 0 N–H and O–H groups in total. The molecule has 142 valence electrons. The molecule has 0 aliphatic rings. The molecule has 0 fully saturated rings.